The zero-order valence-electron chi connectivity index (χ0n) is 23.9. The Morgan fingerprint density at radius 2 is 1.73 bits per heavy atom. The molecule has 0 amide bonds. The molecule has 2 N–H and O–H groups in total. The molecule has 7 nitrogen and oxygen atoms in total. The highest BCUT2D eigenvalue weighted by Crippen LogP contribution is 2.42. The van der Waals surface area contributed by atoms with Crippen molar-refractivity contribution in [3.63, 3.8) is 0 Å². The Hall–Kier alpha value is -2.56. The van der Waals surface area contributed by atoms with Gasteiger partial charge < -0.3 is 15.1 Å². The smallest absolute Gasteiger partial charge is 0.307 e. The average molecular weight is 601 g/mol. The van der Waals surface area contributed by atoms with Crippen LogP contribution in [0.1, 0.15) is 45.7 Å². The van der Waals surface area contributed by atoms with Crippen LogP contribution in [-0.2, 0) is 11.2 Å². The number of anilines is 1. The van der Waals surface area contributed by atoms with Gasteiger partial charge in [-0.1, -0.05) is 35.1 Å². The van der Waals surface area contributed by atoms with Gasteiger partial charge in [0.05, 0.1) is 33.3 Å². The Bertz CT molecular complexity index is 1460. The Labute approximate surface area is 249 Å². The lowest BCUT2D eigenvalue weighted by molar-refractivity contribution is -0.136. The molecule has 0 aliphatic carbocycles. The minimum absolute atomic E-state index is 0.0416. The average Bonchev–Trinajstić information content (AvgIpc) is 3.51. The standard InChI is InChI=1S/C26H27ClN4O2S2.C4H10O/c1-15(2)30-8-10-31(11-9-30)26-28-14-21(34-26)25-29-20-12-16(3)19(13-22(32)33)23(24(20)35-25)17-4-6-18(27)7-5-17;1-4(2,3)5/h4-7,12,14-15H,8-11,13H2,1-3H3,(H,32,33);5H,1-3H3. The molecule has 2 aromatic carbocycles. The topological polar surface area (TPSA) is 89.8 Å². The number of aliphatic hydroxyl groups is 1. The molecule has 10 heteroatoms. The molecule has 1 saturated heterocycles. The second-order valence-corrected chi connectivity index (χ2v) is 13.7. The van der Waals surface area contributed by atoms with Crippen LogP contribution < -0.4 is 4.90 Å². The molecule has 0 saturated carbocycles. The minimum atomic E-state index is -0.850. The summed E-state index contributed by atoms with van der Waals surface area (Å²) in [4.78, 5) is 27.2. The van der Waals surface area contributed by atoms with Gasteiger partial charge in [0.1, 0.15) is 5.01 Å². The van der Waals surface area contributed by atoms with Crippen LogP contribution in [0.5, 0.6) is 0 Å². The van der Waals surface area contributed by atoms with E-state index in [1.165, 1.54) is 0 Å². The molecule has 214 valence electrons. The van der Waals surface area contributed by atoms with Crippen LogP contribution in [0.25, 0.3) is 31.2 Å². The minimum Gasteiger partial charge on any atom is -0.481 e. The zero-order valence-corrected chi connectivity index (χ0v) is 26.3. The third-order valence-corrected chi connectivity index (χ3v) is 9.06. The highest BCUT2D eigenvalue weighted by Gasteiger charge is 2.23. The third-order valence-electron chi connectivity index (χ3n) is 6.49. The van der Waals surface area contributed by atoms with Gasteiger partial charge in [0.25, 0.3) is 0 Å². The number of hydrogen-bond donors (Lipinski definition) is 2. The molecule has 1 fully saturated rings. The van der Waals surface area contributed by atoms with Gasteiger partial charge in [0, 0.05) is 42.8 Å². The predicted octanol–water partition coefficient (Wildman–Crippen LogP) is 6.98. The summed E-state index contributed by atoms with van der Waals surface area (Å²) in [6, 6.07) is 10.1. The summed E-state index contributed by atoms with van der Waals surface area (Å²) in [5, 5.41) is 20.7. The normalized spacial score (nSPS) is 14.5. The fourth-order valence-electron chi connectivity index (χ4n) is 4.58. The number of rotatable bonds is 6. The van der Waals surface area contributed by atoms with Crippen molar-refractivity contribution < 1.29 is 15.0 Å². The van der Waals surface area contributed by atoms with Crippen LogP contribution in [0.3, 0.4) is 0 Å². The number of hydrogen-bond acceptors (Lipinski definition) is 8. The van der Waals surface area contributed by atoms with Gasteiger partial charge in [0.15, 0.2) is 5.13 Å². The lowest BCUT2D eigenvalue weighted by Gasteiger charge is -2.36. The third kappa shape index (κ3) is 7.59. The van der Waals surface area contributed by atoms with E-state index in [0.717, 1.165) is 73.7 Å². The van der Waals surface area contributed by atoms with E-state index >= 15 is 0 Å². The number of carboxylic acid groups (broad SMARTS) is 1. The second-order valence-electron chi connectivity index (χ2n) is 11.3. The molecule has 0 spiro atoms. The van der Waals surface area contributed by atoms with Gasteiger partial charge in [0.2, 0.25) is 0 Å². The van der Waals surface area contributed by atoms with Gasteiger partial charge in [-0.25, -0.2) is 9.97 Å². The monoisotopic (exact) mass is 600 g/mol. The van der Waals surface area contributed by atoms with Crippen LogP contribution in [-0.4, -0.2) is 68.9 Å². The molecule has 2 aromatic heterocycles. The number of halogens is 1. The van der Waals surface area contributed by atoms with Gasteiger partial charge in [-0.3, -0.25) is 9.69 Å². The number of benzene rings is 2. The number of carboxylic acids is 1. The molecular formula is C30H37ClN4O3S2. The first kappa shape index (κ1) is 30.4. The maximum atomic E-state index is 11.7. The maximum absolute atomic E-state index is 11.7. The maximum Gasteiger partial charge on any atom is 0.307 e. The van der Waals surface area contributed by atoms with Crippen molar-refractivity contribution in [1.29, 1.82) is 0 Å². The van der Waals surface area contributed by atoms with Crippen LogP contribution in [0.2, 0.25) is 5.02 Å². The summed E-state index contributed by atoms with van der Waals surface area (Å²) < 4.78 is 0.990. The van der Waals surface area contributed by atoms with E-state index in [-0.39, 0.29) is 6.42 Å². The first-order chi connectivity index (χ1) is 18.8. The first-order valence-corrected chi connectivity index (χ1v) is 15.4. The van der Waals surface area contributed by atoms with Crippen molar-refractivity contribution in [3.8, 4) is 21.0 Å². The summed E-state index contributed by atoms with van der Waals surface area (Å²) in [6.07, 6.45) is 1.87. The fourth-order valence-corrected chi connectivity index (χ4v) is 6.85. The van der Waals surface area contributed by atoms with E-state index in [1.54, 1.807) is 43.4 Å². The van der Waals surface area contributed by atoms with E-state index < -0.39 is 11.6 Å². The molecule has 40 heavy (non-hydrogen) atoms. The lowest BCUT2D eigenvalue weighted by Crippen LogP contribution is -2.48. The van der Waals surface area contributed by atoms with E-state index in [1.807, 2.05) is 43.5 Å². The summed E-state index contributed by atoms with van der Waals surface area (Å²) in [5.74, 6) is -0.850. The predicted molar refractivity (Wildman–Crippen MR) is 168 cm³/mol. The van der Waals surface area contributed by atoms with Crippen molar-refractivity contribution in [2.75, 3.05) is 31.1 Å². The summed E-state index contributed by atoms with van der Waals surface area (Å²) in [7, 11) is 0. The fraction of sp³-hybridized carbons (Fsp3) is 0.433. The quantitative estimate of drug-likeness (QED) is 0.247. The number of aromatic nitrogens is 2. The lowest BCUT2D eigenvalue weighted by atomic mass is 9.93. The largest absolute Gasteiger partial charge is 0.481 e. The number of thiazole rings is 2. The van der Waals surface area contributed by atoms with Crippen LogP contribution in [0.4, 0.5) is 5.13 Å². The van der Waals surface area contributed by atoms with E-state index in [4.69, 9.17) is 26.7 Å². The van der Waals surface area contributed by atoms with Crippen molar-refractivity contribution >= 4 is 55.6 Å². The number of aryl methyl sites for hydroxylation is 1. The van der Waals surface area contributed by atoms with Gasteiger partial charge in [-0.2, -0.15) is 0 Å². The molecule has 0 atom stereocenters. The molecule has 0 unspecified atom stereocenters. The van der Waals surface area contributed by atoms with Crippen LogP contribution >= 0.6 is 34.3 Å². The Morgan fingerprint density at radius 1 is 1.10 bits per heavy atom. The Balaban J connectivity index is 0.000000681. The Kier molecular flexibility index (Phi) is 9.52. The molecule has 1 aliphatic heterocycles. The van der Waals surface area contributed by atoms with Gasteiger partial charge in [-0.15, -0.1) is 11.3 Å². The highest BCUT2D eigenvalue weighted by molar-refractivity contribution is 7.27. The van der Waals surface area contributed by atoms with Crippen LogP contribution in [0.15, 0.2) is 36.5 Å². The van der Waals surface area contributed by atoms with Crippen molar-refractivity contribution in [1.82, 2.24) is 14.9 Å². The van der Waals surface area contributed by atoms with E-state index in [2.05, 4.69) is 23.6 Å². The van der Waals surface area contributed by atoms with Crippen molar-refractivity contribution in [2.45, 2.75) is 59.6 Å². The number of fused-ring (bicyclic) bond motifs is 1. The molecule has 4 aromatic rings. The zero-order chi connectivity index (χ0) is 29.2. The molecule has 5 rings (SSSR count). The SMILES string of the molecule is CC(C)(C)O.Cc1cc2nc(-c3cnc(N4CCN(C(C)C)CC4)s3)sc2c(-c2ccc(Cl)cc2)c1CC(=O)O. The molecular weight excluding hydrogens is 564 g/mol. The van der Waals surface area contributed by atoms with Gasteiger partial charge in [-0.05, 0) is 76.4 Å². The van der Waals surface area contributed by atoms with Crippen LogP contribution in [0, 0.1) is 6.92 Å². The van der Waals surface area contributed by atoms with Crippen molar-refractivity contribution in [2.24, 2.45) is 0 Å². The summed E-state index contributed by atoms with van der Waals surface area (Å²) in [6.45, 7) is 15.7. The molecule has 1 aliphatic rings. The molecule has 0 bridgehead atoms. The van der Waals surface area contributed by atoms with Crippen molar-refractivity contribution in [3.05, 3.63) is 52.7 Å². The summed E-state index contributed by atoms with van der Waals surface area (Å²) >= 11 is 9.40. The van der Waals surface area contributed by atoms with Gasteiger partial charge >= 0.3 is 5.97 Å². The Morgan fingerprint density at radius 3 is 2.30 bits per heavy atom. The summed E-state index contributed by atoms with van der Waals surface area (Å²) in [5.41, 5.74) is 3.99. The number of aliphatic carboxylic acids is 1. The van der Waals surface area contributed by atoms with E-state index in [9.17, 15) is 9.90 Å². The number of piperazine rings is 1. The second kappa shape index (κ2) is 12.5. The molecule has 3 heterocycles. The number of nitrogens with zero attached hydrogens (tertiary/aromatic N) is 4. The highest BCUT2D eigenvalue weighted by atomic mass is 35.5. The number of carbonyl (C=O) groups is 1. The van der Waals surface area contributed by atoms with E-state index in [0.29, 0.717) is 11.1 Å². The molecule has 0 radical (unpaired) electrons. The first-order valence-electron chi connectivity index (χ1n) is 13.4.